The molecule has 0 saturated heterocycles. The molecular formula is C17H20ClNO3. The van der Waals surface area contributed by atoms with E-state index in [-0.39, 0.29) is 18.4 Å². The summed E-state index contributed by atoms with van der Waals surface area (Å²) in [4.78, 5) is 0. The Hall–Kier alpha value is -1.75. The van der Waals surface area contributed by atoms with E-state index in [0.29, 0.717) is 23.9 Å². The van der Waals surface area contributed by atoms with Crippen LogP contribution in [0.5, 0.6) is 11.5 Å². The van der Waals surface area contributed by atoms with Crippen molar-refractivity contribution in [1.82, 2.24) is 5.32 Å². The fourth-order valence-corrected chi connectivity index (χ4v) is 2.30. The molecule has 4 nitrogen and oxygen atoms in total. The van der Waals surface area contributed by atoms with Crippen LogP contribution in [0.25, 0.3) is 0 Å². The molecule has 0 fully saturated rings. The molecule has 0 amide bonds. The van der Waals surface area contributed by atoms with Crippen LogP contribution in [0.3, 0.4) is 0 Å². The summed E-state index contributed by atoms with van der Waals surface area (Å²) >= 11 is 5.87. The minimum atomic E-state index is -0.229. The molecule has 0 radical (unpaired) electrons. The van der Waals surface area contributed by atoms with E-state index in [1.165, 1.54) is 0 Å². The Morgan fingerprint density at radius 1 is 1.18 bits per heavy atom. The van der Waals surface area contributed by atoms with E-state index in [9.17, 15) is 10.2 Å². The Kier molecular flexibility index (Phi) is 6.07. The first kappa shape index (κ1) is 16.6. The van der Waals surface area contributed by atoms with Crippen LogP contribution in [-0.4, -0.2) is 23.4 Å². The fraction of sp³-hybridized carbons (Fsp3) is 0.294. The molecule has 2 aromatic carbocycles. The van der Waals surface area contributed by atoms with E-state index < -0.39 is 0 Å². The van der Waals surface area contributed by atoms with E-state index in [4.69, 9.17) is 16.3 Å². The van der Waals surface area contributed by atoms with Crippen molar-refractivity contribution in [2.24, 2.45) is 0 Å². The minimum absolute atomic E-state index is 0.0481. The largest absolute Gasteiger partial charge is 0.508 e. The highest BCUT2D eigenvalue weighted by Crippen LogP contribution is 2.24. The van der Waals surface area contributed by atoms with Gasteiger partial charge >= 0.3 is 0 Å². The van der Waals surface area contributed by atoms with Gasteiger partial charge in [-0.3, -0.25) is 0 Å². The molecule has 0 saturated carbocycles. The number of phenols is 1. The second-order valence-corrected chi connectivity index (χ2v) is 5.33. The minimum Gasteiger partial charge on any atom is -0.508 e. The highest BCUT2D eigenvalue weighted by atomic mass is 35.5. The van der Waals surface area contributed by atoms with Gasteiger partial charge in [-0.2, -0.15) is 0 Å². The standard InChI is InChI=1S/C17H20ClNO3/c1-2-22-15-7-8-17(21)13(9-15)10-19-16(11-20)12-3-5-14(18)6-4-12/h3-9,16,19-21H,2,10-11H2,1H3. The number of aliphatic hydroxyl groups is 1. The maximum Gasteiger partial charge on any atom is 0.120 e. The van der Waals surface area contributed by atoms with Gasteiger partial charge in [0.1, 0.15) is 11.5 Å². The van der Waals surface area contributed by atoms with Gasteiger partial charge in [0.25, 0.3) is 0 Å². The summed E-state index contributed by atoms with van der Waals surface area (Å²) in [6.45, 7) is 2.85. The van der Waals surface area contributed by atoms with Gasteiger partial charge in [-0.25, -0.2) is 0 Å². The van der Waals surface area contributed by atoms with Gasteiger partial charge in [-0.05, 0) is 42.8 Å². The number of hydrogen-bond acceptors (Lipinski definition) is 4. The monoisotopic (exact) mass is 321 g/mol. The van der Waals surface area contributed by atoms with Crippen LogP contribution < -0.4 is 10.1 Å². The van der Waals surface area contributed by atoms with Crippen LogP contribution in [0.4, 0.5) is 0 Å². The molecule has 0 bridgehead atoms. The molecule has 22 heavy (non-hydrogen) atoms. The maximum atomic E-state index is 9.92. The summed E-state index contributed by atoms with van der Waals surface area (Å²) in [6.07, 6.45) is 0. The van der Waals surface area contributed by atoms with Gasteiger partial charge in [0, 0.05) is 17.1 Å². The Balaban J connectivity index is 2.07. The molecule has 0 aliphatic rings. The summed E-state index contributed by atoms with van der Waals surface area (Å²) in [5.41, 5.74) is 1.66. The van der Waals surface area contributed by atoms with Crippen molar-refractivity contribution in [3.8, 4) is 11.5 Å². The van der Waals surface area contributed by atoms with Crippen LogP contribution in [0.1, 0.15) is 24.1 Å². The molecule has 2 rings (SSSR count). The lowest BCUT2D eigenvalue weighted by atomic mass is 10.1. The summed E-state index contributed by atoms with van der Waals surface area (Å²) in [5, 5.41) is 23.4. The highest BCUT2D eigenvalue weighted by molar-refractivity contribution is 6.30. The molecule has 0 aliphatic carbocycles. The predicted octanol–water partition coefficient (Wildman–Crippen LogP) is 3.27. The molecule has 1 unspecified atom stereocenters. The Morgan fingerprint density at radius 2 is 1.91 bits per heavy atom. The summed E-state index contributed by atoms with van der Waals surface area (Å²) in [5.74, 6) is 0.910. The molecule has 0 spiro atoms. The molecule has 0 aliphatic heterocycles. The number of aromatic hydroxyl groups is 1. The molecule has 3 N–H and O–H groups in total. The molecule has 5 heteroatoms. The lowest BCUT2D eigenvalue weighted by molar-refractivity contribution is 0.243. The Labute approximate surface area is 135 Å². The third-order valence-electron chi connectivity index (χ3n) is 3.36. The van der Waals surface area contributed by atoms with Crippen molar-refractivity contribution < 1.29 is 14.9 Å². The van der Waals surface area contributed by atoms with Crippen LogP contribution in [-0.2, 0) is 6.54 Å². The smallest absolute Gasteiger partial charge is 0.120 e. The summed E-state index contributed by atoms with van der Waals surface area (Å²) in [7, 11) is 0. The van der Waals surface area contributed by atoms with Crippen molar-refractivity contribution >= 4 is 11.6 Å². The maximum absolute atomic E-state index is 9.92. The topological polar surface area (TPSA) is 61.7 Å². The van der Waals surface area contributed by atoms with Crippen molar-refractivity contribution in [1.29, 1.82) is 0 Å². The van der Waals surface area contributed by atoms with Gasteiger partial charge in [-0.15, -0.1) is 0 Å². The quantitative estimate of drug-likeness (QED) is 0.732. The van der Waals surface area contributed by atoms with Crippen molar-refractivity contribution in [2.75, 3.05) is 13.2 Å². The lowest BCUT2D eigenvalue weighted by Gasteiger charge is -2.18. The molecule has 0 aromatic heterocycles. The molecule has 2 aromatic rings. The van der Waals surface area contributed by atoms with Gasteiger partial charge in [0.15, 0.2) is 0 Å². The number of benzene rings is 2. The average molecular weight is 322 g/mol. The van der Waals surface area contributed by atoms with E-state index >= 15 is 0 Å². The second-order valence-electron chi connectivity index (χ2n) is 4.89. The zero-order chi connectivity index (χ0) is 15.9. The lowest BCUT2D eigenvalue weighted by Crippen LogP contribution is -2.24. The first-order valence-corrected chi connectivity index (χ1v) is 7.56. The summed E-state index contributed by atoms with van der Waals surface area (Å²) < 4.78 is 5.43. The van der Waals surface area contributed by atoms with Crippen LogP contribution >= 0.6 is 11.6 Å². The third-order valence-corrected chi connectivity index (χ3v) is 3.61. The fourth-order valence-electron chi connectivity index (χ4n) is 2.18. The summed E-state index contributed by atoms with van der Waals surface area (Å²) in [6, 6.07) is 12.2. The van der Waals surface area contributed by atoms with Crippen LogP contribution in [0, 0.1) is 0 Å². The number of ether oxygens (including phenoxy) is 1. The number of aliphatic hydroxyl groups excluding tert-OH is 1. The van der Waals surface area contributed by atoms with Crippen LogP contribution in [0.15, 0.2) is 42.5 Å². The number of hydrogen-bond donors (Lipinski definition) is 3. The van der Waals surface area contributed by atoms with Crippen molar-refractivity contribution in [2.45, 2.75) is 19.5 Å². The molecule has 0 heterocycles. The van der Waals surface area contributed by atoms with Crippen LogP contribution in [0.2, 0.25) is 5.02 Å². The number of rotatable bonds is 7. The number of nitrogens with one attached hydrogen (secondary N) is 1. The number of phenolic OH excluding ortho intramolecular Hbond substituents is 1. The zero-order valence-corrected chi connectivity index (χ0v) is 13.2. The number of halogens is 1. The predicted molar refractivity (Wildman–Crippen MR) is 87.4 cm³/mol. The highest BCUT2D eigenvalue weighted by Gasteiger charge is 2.11. The van der Waals surface area contributed by atoms with Gasteiger partial charge in [-0.1, -0.05) is 23.7 Å². The molecule has 118 valence electrons. The normalized spacial score (nSPS) is 12.1. The first-order chi connectivity index (χ1) is 10.6. The van der Waals surface area contributed by atoms with Gasteiger partial charge in [0.2, 0.25) is 0 Å². The van der Waals surface area contributed by atoms with E-state index in [2.05, 4.69) is 5.32 Å². The van der Waals surface area contributed by atoms with E-state index in [0.717, 1.165) is 11.1 Å². The van der Waals surface area contributed by atoms with Crippen molar-refractivity contribution in [3.63, 3.8) is 0 Å². The molecule has 1 atom stereocenters. The SMILES string of the molecule is CCOc1ccc(O)c(CNC(CO)c2ccc(Cl)cc2)c1. The van der Waals surface area contributed by atoms with Gasteiger partial charge < -0.3 is 20.3 Å². The van der Waals surface area contributed by atoms with E-state index in [1.807, 2.05) is 19.1 Å². The first-order valence-electron chi connectivity index (χ1n) is 7.18. The Morgan fingerprint density at radius 3 is 2.55 bits per heavy atom. The third kappa shape index (κ3) is 4.37. The average Bonchev–Trinajstić information content (AvgIpc) is 2.52. The Bertz CT molecular complexity index is 601. The van der Waals surface area contributed by atoms with Crippen molar-refractivity contribution in [3.05, 3.63) is 58.6 Å². The molecular weight excluding hydrogens is 302 g/mol. The van der Waals surface area contributed by atoms with E-state index in [1.54, 1.807) is 30.3 Å². The van der Waals surface area contributed by atoms with Gasteiger partial charge in [0.05, 0.1) is 19.3 Å². The zero-order valence-electron chi connectivity index (χ0n) is 12.4. The second kappa shape index (κ2) is 8.03.